The molecule has 0 saturated heterocycles. The van der Waals surface area contributed by atoms with Crippen LogP contribution in [0.4, 0.5) is 10.1 Å². The van der Waals surface area contributed by atoms with Crippen LogP contribution in [-0.4, -0.2) is 41.7 Å². The van der Waals surface area contributed by atoms with Crippen molar-refractivity contribution in [3.63, 3.8) is 0 Å². The number of anilines is 1. The van der Waals surface area contributed by atoms with E-state index in [2.05, 4.69) is 5.32 Å². The molecular formula is C24H24FN5O2. The van der Waals surface area contributed by atoms with Gasteiger partial charge in [0.05, 0.1) is 23.6 Å². The highest BCUT2D eigenvalue weighted by Crippen LogP contribution is 2.37. The first-order chi connectivity index (χ1) is 15.3. The van der Waals surface area contributed by atoms with Crippen LogP contribution in [0.3, 0.4) is 0 Å². The van der Waals surface area contributed by atoms with Crippen molar-refractivity contribution in [2.24, 2.45) is 11.8 Å². The number of nitrogens with zero attached hydrogens (tertiary/aromatic N) is 2. The van der Waals surface area contributed by atoms with Crippen LogP contribution in [-0.2, 0) is 4.79 Å². The first kappa shape index (κ1) is 22.8. The van der Waals surface area contributed by atoms with Gasteiger partial charge in [-0.1, -0.05) is 32.0 Å². The molecule has 164 valence electrons. The zero-order chi connectivity index (χ0) is 23.4. The van der Waals surface area contributed by atoms with Gasteiger partial charge in [-0.15, -0.1) is 0 Å². The van der Waals surface area contributed by atoms with Gasteiger partial charge >= 0.3 is 0 Å². The molecule has 2 aromatic carbocycles. The molecule has 3 rings (SSSR count). The predicted molar refractivity (Wildman–Crippen MR) is 120 cm³/mol. The van der Waals surface area contributed by atoms with E-state index in [9.17, 15) is 14.0 Å². The van der Waals surface area contributed by atoms with Crippen molar-refractivity contribution in [2.45, 2.75) is 25.8 Å². The minimum atomic E-state index is -0.898. The summed E-state index contributed by atoms with van der Waals surface area (Å²) in [6.45, 7) is 4.23. The van der Waals surface area contributed by atoms with Gasteiger partial charge < -0.3 is 21.0 Å². The highest BCUT2D eigenvalue weighted by molar-refractivity contribution is 6.05. The van der Waals surface area contributed by atoms with Crippen LogP contribution in [0.25, 0.3) is 0 Å². The number of hydrogen-bond donors (Lipinski definition) is 3. The smallest absolute Gasteiger partial charge is 0.254 e. The molecule has 2 atom stereocenters. The predicted octanol–water partition coefficient (Wildman–Crippen LogP) is 3.82. The summed E-state index contributed by atoms with van der Waals surface area (Å²) >= 11 is 0. The molecule has 0 fully saturated rings. The first-order valence-corrected chi connectivity index (χ1v) is 10.2. The Morgan fingerprint density at radius 1 is 1.25 bits per heavy atom. The van der Waals surface area contributed by atoms with Gasteiger partial charge in [0.1, 0.15) is 5.82 Å². The van der Waals surface area contributed by atoms with E-state index in [0.717, 1.165) is 24.6 Å². The summed E-state index contributed by atoms with van der Waals surface area (Å²) in [6, 6.07) is 11.4. The van der Waals surface area contributed by atoms with Crippen molar-refractivity contribution >= 4 is 29.9 Å². The van der Waals surface area contributed by atoms with Gasteiger partial charge in [-0.25, -0.2) is 4.39 Å². The molecule has 2 amide bonds. The molecule has 0 bridgehead atoms. The van der Waals surface area contributed by atoms with Crippen LogP contribution >= 0.6 is 0 Å². The number of nitrogens with one attached hydrogen (secondary N) is 3. The van der Waals surface area contributed by atoms with Gasteiger partial charge in [0.25, 0.3) is 5.91 Å². The Bertz CT molecular complexity index is 1100. The summed E-state index contributed by atoms with van der Waals surface area (Å²) in [6.07, 6.45) is 2.12. The Morgan fingerprint density at radius 2 is 1.94 bits per heavy atom. The number of carbonyl (C=O) groups is 2. The lowest BCUT2D eigenvalue weighted by molar-refractivity contribution is -0.119. The summed E-state index contributed by atoms with van der Waals surface area (Å²) in [4.78, 5) is 28.4. The van der Waals surface area contributed by atoms with Gasteiger partial charge in [-0.05, 0) is 35.7 Å². The molecule has 3 N–H and O–H groups in total. The summed E-state index contributed by atoms with van der Waals surface area (Å²) in [5.41, 5.74) is 1.06. The molecule has 0 saturated carbocycles. The second-order valence-electron chi connectivity index (χ2n) is 8.15. The molecule has 1 heterocycles. The molecule has 32 heavy (non-hydrogen) atoms. The van der Waals surface area contributed by atoms with Gasteiger partial charge in [-0.2, -0.15) is 5.26 Å². The second-order valence-corrected chi connectivity index (χ2v) is 8.15. The number of carbonyl (C=O) groups excluding carboxylic acids is 2. The van der Waals surface area contributed by atoms with Crippen LogP contribution < -0.4 is 5.32 Å². The highest BCUT2D eigenvalue weighted by atomic mass is 19.1. The van der Waals surface area contributed by atoms with Crippen molar-refractivity contribution in [2.75, 3.05) is 11.9 Å². The summed E-state index contributed by atoms with van der Waals surface area (Å²) in [5, 5.41) is 27.4. The van der Waals surface area contributed by atoms with Crippen molar-refractivity contribution in [1.29, 1.82) is 16.1 Å². The largest absolute Gasteiger partial charge is 0.333 e. The Balaban J connectivity index is 2.13. The minimum Gasteiger partial charge on any atom is -0.333 e. The zero-order valence-electron chi connectivity index (χ0n) is 17.8. The fraction of sp³-hybridized carbons (Fsp3) is 0.292. The van der Waals surface area contributed by atoms with E-state index < -0.39 is 29.6 Å². The average molecular weight is 433 g/mol. The van der Waals surface area contributed by atoms with Crippen molar-refractivity contribution < 1.29 is 14.0 Å². The number of amides is 2. The maximum Gasteiger partial charge on any atom is 0.254 e. The quantitative estimate of drug-likeness (QED) is 0.576. The minimum absolute atomic E-state index is 0.0642. The molecule has 1 aliphatic rings. The number of benzene rings is 2. The molecule has 1 aliphatic heterocycles. The van der Waals surface area contributed by atoms with Gasteiger partial charge in [0.2, 0.25) is 5.91 Å². The topological polar surface area (TPSA) is 121 Å². The van der Waals surface area contributed by atoms with E-state index >= 15 is 0 Å². The Kier molecular flexibility index (Phi) is 6.79. The van der Waals surface area contributed by atoms with Crippen LogP contribution in [0.5, 0.6) is 0 Å². The third-order valence-corrected chi connectivity index (χ3v) is 5.41. The van der Waals surface area contributed by atoms with E-state index in [4.69, 9.17) is 16.1 Å². The number of nitriles is 1. The lowest BCUT2D eigenvalue weighted by Gasteiger charge is -2.44. The lowest BCUT2D eigenvalue weighted by Crippen LogP contribution is -2.56. The molecule has 0 radical (unpaired) electrons. The first-order valence-electron chi connectivity index (χ1n) is 10.2. The fourth-order valence-corrected chi connectivity index (χ4v) is 4.13. The fourth-order valence-electron chi connectivity index (χ4n) is 4.13. The summed E-state index contributed by atoms with van der Waals surface area (Å²) in [5.74, 6) is -3.02. The molecule has 7 nitrogen and oxygen atoms in total. The highest BCUT2D eigenvalue weighted by Gasteiger charge is 2.46. The van der Waals surface area contributed by atoms with E-state index in [1.807, 2.05) is 19.9 Å². The molecule has 8 heteroatoms. The zero-order valence-corrected chi connectivity index (χ0v) is 17.8. The number of fused-ring (bicyclic) bond motifs is 1. The van der Waals surface area contributed by atoms with E-state index in [1.54, 1.807) is 29.2 Å². The monoisotopic (exact) mass is 433 g/mol. The normalized spacial score (nSPS) is 18.5. The van der Waals surface area contributed by atoms with Crippen molar-refractivity contribution in [1.82, 2.24) is 4.90 Å². The maximum absolute atomic E-state index is 13.9. The Morgan fingerprint density at radius 3 is 2.56 bits per heavy atom. The van der Waals surface area contributed by atoms with Crippen molar-refractivity contribution in [3.8, 4) is 6.07 Å². The number of halogens is 1. The molecular weight excluding hydrogens is 409 g/mol. The SMILES string of the molecule is CC(C)CN1C(=O)c2ccccc2[C@H](C(=O)Nc2cc(F)cc(C#N)c2)[C@H]1C(C=N)C=N. The van der Waals surface area contributed by atoms with E-state index in [-0.39, 0.29) is 23.1 Å². The summed E-state index contributed by atoms with van der Waals surface area (Å²) < 4.78 is 13.9. The average Bonchev–Trinajstić information content (AvgIpc) is 2.76. The standard InChI is InChI=1S/C24H24FN5O2/c1-14(2)13-30-22(16(11-27)12-28)21(19-5-3-4-6-20(19)24(30)32)23(31)29-18-8-15(10-26)7-17(25)9-18/h3-9,11-12,14,16,21-22,27-28H,13H2,1-2H3,(H,29,31)/t16?,21-,22+/m0/s1. The molecule has 0 unspecified atom stereocenters. The van der Waals surface area contributed by atoms with Crippen LogP contribution in [0.2, 0.25) is 0 Å². The van der Waals surface area contributed by atoms with Crippen LogP contribution in [0, 0.1) is 39.8 Å². The third kappa shape index (κ3) is 4.42. The molecule has 2 aromatic rings. The third-order valence-electron chi connectivity index (χ3n) is 5.41. The van der Waals surface area contributed by atoms with Crippen LogP contribution in [0.15, 0.2) is 42.5 Å². The van der Waals surface area contributed by atoms with Gasteiger partial charge in [0.15, 0.2) is 0 Å². The van der Waals surface area contributed by atoms with E-state index in [1.165, 1.54) is 6.07 Å². The summed E-state index contributed by atoms with van der Waals surface area (Å²) in [7, 11) is 0. The number of rotatable bonds is 7. The van der Waals surface area contributed by atoms with Gasteiger partial charge in [0, 0.05) is 36.1 Å². The Labute approximate surface area is 185 Å². The van der Waals surface area contributed by atoms with Crippen LogP contribution in [0.1, 0.15) is 41.3 Å². The lowest BCUT2D eigenvalue weighted by atomic mass is 9.76. The van der Waals surface area contributed by atoms with Crippen molar-refractivity contribution in [3.05, 3.63) is 65.0 Å². The maximum atomic E-state index is 13.9. The molecule has 0 spiro atoms. The second kappa shape index (κ2) is 9.52. The number of hydrogen-bond acceptors (Lipinski definition) is 5. The van der Waals surface area contributed by atoms with E-state index in [0.29, 0.717) is 17.7 Å². The van der Waals surface area contributed by atoms with Gasteiger partial charge in [-0.3, -0.25) is 9.59 Å². The molecule has 0 aliphatic carbocycles. The Hall–Kier alpha value is -3.86. The molecule has 0 aromatic heterocycles.